The molecule has 0 aliphatic heterocycles. The Morgan fingerprint density at radius 1 is 1.32 bits per heavy atom. The Kier molecular flexibility index (Phi) is 5.06. The van der Waals surface area contributed by atoms with Gasteiger partial charge in [0, 0.05) is 14.9 Å². The summed E-state index contributed by atoms with van der Waals surface area (Å²) in [5.74, 6) is -0.449. The van der Waals surface area contributed by atoms with Crippen molar-refractivity contribution in [3.05, 3.63) is 50.3 Å². The molecule has 7 heteroatoms. The largest absolute Gasteiger partial charge is 0.462 e. The second-order valence-corrected chi connectivity index (χ2v) is 8.06. The smallest absolute Gasteiger partial charge is 0.326 e. The topological polar surface area (TPSA) is 61.2 Å². The molecule has 0 atom stereocenters. The van der Waals surface area contributed by atoms with E-state index in [1.807, 2.05) is 31.2 Å². The molecule has 0 radical (unpaired) electrons. The molecule has 0 unspecified atom stereocenters. The molecule has 0 saturated heterocycles. The summed E-state index contributed by atoms with van der Waals surface area (Å²) in [5, 5.41) is 0.546. The fourth-order valence-corrected chi connectivity index (χ4v) is 3.92. The lowest BCUT2D eigenvalue weighted by atomic mass is 10.0. The fraction of sp³-hybridized carbons (Fsp3) is 0.278. The summed E-state index contributed by atoms with van der Waals surface area (Å²) in [6.45, 7) is 5.38. The van der Waals surface area contributed by atoms with E-state index in [-0.39, 0.29) is 18.2 Å². The van der Waals surface area contributed by atoms with Gasteiger partial charge in [-0.15, -0.1) is 11.3 Å². The van der Waals surface area contributed by atoms with Gasteiger partial charge in [0.2, 0.25) is 0 Å². The molecular formula is C18H17BrN2O3S. The highest BCUT2D eigenvalue weighted by molar-refractivity contribution is 9.10. The van der Waals surface area contributed by atoms with E-state index >= 15 is 0 Å². The third-order valence-electron chi connectivity index (χ3n) is 3.65. The van der Waals surface area contributed by atoms with Gasteiger partial charge in [-0.3, -0.25) is 14.2 Å². The van der Waals surface area contributed by atoms with Gasteiger partial charge in [0.05, 0.1) is 17.8 Å². The summed E-state index contributed by atoms with van der Waals surface area (Å²) in [6, 6.07) is 7.80. The molecule has 0 N–H and O–H groups in total. The van der Waals surface area contributed by atoms with Crippen LogP contribution in [0.5, 0.6) is 0 Å². The van der Waals surface area contributed by atoms with Crippen LogP contribution in [0.4, 0.5) is 0 Å². The zero-order valence-electron chi connectivity index (χ0n) is 14.1. The maximum atomic E-state index is 12.9. The summed E-state index contributed by atoms with van der Waals surface area (Å²) in [4.78, 5) is 30.9. The van der Waals surface area contributed by atoms with Gasteiger partial charge in [-0.1, -0.05) is 28.1 Å². The summed E-state index contributed by atoms with van der Waals surface area (Å²) in [7, 11) is 0. The summed E-state index contributed by atoms with van der Waals surface area (Å²) < 4.78 is 7.41. The number of nitrogens with zero attached hydrogens (tertiary/aromatic N) is 2. The molecule has 0 amide bonds. The number of aromatic nitrogens is 2. The van der Waals surface area contributed by atoms with Crippen LogP contribution in [0.15, 0.2) is 39.9 Å². The summed E-state index contributed by atoms with van der Waals surface area (Å²) in [5.41, 5.74) is 1.60. The van der Waals surface area contributed by atoms with E-state index in [1.165, 1.54) is 22.2 Å². The van der Waals surface area contributed by atoms with Crippen molar-refractivity contribution in [1.82, 2.24) is 9.55 Å². The molecular weight excluding hydrogens is 404 g/mol. The van der Waals surface area contributed by atoms with Crippen LogP contribution in [0.2, 0.25) is 0 Å². The summed E-state index contributed by atoms with van der Waals surface area (Å²) >= 11 is 4.90. The van der Waals surface area contributed by atoms with Crippen molar-refractivity contribution in [2.75, 3.05) is 0 Å². The molecule has 3 aromatic rings. The molecule has 3 rings (SSSR count). The maximum absolute atomic E-state index is 12.9. The van der Waals surface area contributed by atoms with Crippen molar-refractivity contribution in [3.63, 3.8) is 0 Å². The minimum absolute atomic E-state index is 0.144. The lowest BCUT2D eigenvalue weighted by Gasteiger charge is -2.09. The molecule has 25 heavy (non-hydrogen) atoms. The maximum Gasteiger partial charge on any atom is 0.326 e. The molecule has 0 spiro atoms. The number of hydrogen-bond acceptors (Lipinski definition) is 5. The number of rotatable bonds is 4. The van der Waals surface area contributed by atoms with Crippen LogP contribution in [-0.2, 0) is 16.1 Å². The Labute approximate surface area is 157 Å². The van der Waals surface area contributed by atoms with Crippen molar-refractivity contribution < 1.29 is 9.53 Å². The van der Waals surface area contributed by atoms with Crippen LogP contribution >= 0.6 is 27.3 Å². The predicted octanol–water partition coefficient (Wildman–Crippen LogP) is 4.15. The van der Waals surface area contributed by atoms with Gasteiger partial charge in [-0.2, -0.15) is 0 Å². The number of carbonyl (C=O) groups excluding carboxylic acids is 1. The molecule has 5 nitrogen and oxygen atoms in total. The van der Waals surface area contributed by atoms with Crippen molar-refractivity contribution in [3.8, 4) is 11.1 Å². The number of halogens is 1. The van der Waals surface area contributed by atoms with Gasteiger partial charge < -0.3 is 4.74 Å². The van der Waals surface area contributed by atoms with E-state index in [9.17, 15) is 9.59 Å². The highest BCUT2D eigenvalue weighted by Gasteiger charge is 2.18. The van der Waals surface area contributed by atoms with Crippen molar-refractivity contribution in [2.24, 2.45) is 0 Å². The number of hydrogen-bond donors (Lipinski definition) is 0. The van der Waals surface area contributed by atoms with E-state index in [0.29, 0.717) is 10.2 Å². The third kappa shape index (κ3) is 3.67. The molecule has 0 bridgehead atoms. The Hall–Kier alpha value is -1.99. The van der Waals surface area contributed by atoms with Gasteiger partial charge in [0.15, 0.2) is 0 Å². The highest BCUT2D eigenvalue weighted by atomic mass is 79.9. The fourth-order valence-electron chi connectivity index (χ4n) is 2.65. The lowest BCUT2D eigenvalue weighted by Crippen LogP contribution is -2.26. The Morgan fingerprint density at radius 2 is 2.00 bits per heavy atom. The number of aryl methyl sites for hydroxylation is 1. The molecule has 0 aliphatic carbocycles. The highest BCUT2D eigenvalue weighted by Crippen LogP contribution is 2.35. The lowest BCUT2D eigenvalue weighted by molar-refractivity contribution is -0.148. The molecule has 0 saturated carbocycles. The van der Waals surface area contributed by atoms with Gasteiger partial charge in [0.25, 0.3) is 5.56 Å². The Morgan fingerprint density at radius 3 is 2.64 bits per heavy atom. The van der Waals surface area contributed by atoms with E-state index in [2.05, 4.69) is 20.9 Å². The predicted molar refractivity (Wildman–Crippen MR) is 103 cm³/mol. The molecule has 2 aromatic heterocycles. The van der Waals surface area contributed by atoms with Crippen molar-refractivity contribution in [1.29, 1.82) is 0 Å². The van der Waals surface area contributed by atoms with Crippen LogP contribution in [0, 0.1) is 6.92 Å². The van der Waals surface area contributed by atoms with E-state index < -0.39 is 5.97 Å². The first kappa shape index (κ1) is 17.8. The monoisotopic (exact) mass is 420 g/mol. The van der Waals surface area contributed by atoms with Crippen LogP contribution in [0.25, 0.3) is 21.3 Å². The minimum atomic E-state index is -0.449. The van der Waals surface area contributed by atoms with Crippen molar-refractivity contribution >= 4 is 43.5 Å². The zero-order valence-corrected chi connectivity index (χ0v) is 16.5. The van der Waals surface area contributed by atoms with Gasteiger partial charge >= 0.3 is 5.97 Å². The zero-order chi connectivity index (χ0) is 18.1. The standard InChI is InChI=1S/C18H17BrN2O3S/c1-10(2)24-14(22)8-21-9-20-17-16(18(21)23)15(11(3)25-17)12-4-6-13(19)7-5-12/h4-7,9-10H,8H2,1-3H3. The van der Waals surface area contributed by atoms with Gasteiger partial charge in [-0.25, -0.2) is 4.98 Å². The average Bonchev–Trinajstić information content (AvgIpc) is 2.87. The molecule has 2 heterocycles. The first-order valence-corrected chi connectivity index (χ1v) is 9.41. The van der Waals surface area contributed by atoms with Gasteiger partial charge in [-0.05, 0) is 38.5 Å². The second kappa shape index (κ2) is 7.09. The number of fused-ring (bicyclic) bond motifs is 1. The van der Waals surface area contributed by atoms with Crippen LogP contribution < -0.4 is 5.56 Å². The van der Waals surface area contributed by atoms with E-state index in [1.54, 1.807) is 13.8 Å². The van der Waals surface area contributed by atoms with Crippen LogP contribution in [0.1, 0.15) is 18.7 Å². The molecule has 1 aromatic carbocycles. The van der Waals surface area contributed by atoms with Gasteiger partial charge in [0.1, 0.15) is 11.4 Å². The Bertz CT molecular complexity index is 990. The quantitative estimate of drug-likeness (QED) is 0.594. The minimum Gasteiger partial charge on any atom is -0.462 e. The normalized spacial score (nSPS) is 11.2. The Balaban J connectivity index is 2.11. The van der Waals surface area contributed by atoms with Crippen molar-refractivity contribution in [2.45, 2.75) is 33.4 Å². The number of thiophene rings is 1. The molecule has 130 valence electrons. The van der Waals surface area contributed by atoms with Crippen LogP contribution in [0.3, 0.4) is 0 Å². The number of ether oxygens (including phenoxy) is 1. The SMILES string of the molecule is Cc1sc2ncn(CC(=O)OC(C)C)c(=O)c2c1-c1ccc(Br)cc1. The van der Waals surface area contributed by atoms with E-state index in [4.69, 9.17) is 4.74 Å². The number of benzene rings is 1. The second-order valence-electron chi connectivity index (χ2n) is 5.94. The molecule has 0 aliphatic rings. The first-order chi connectivity index (χ1) is 11.9. The number of carbonyl (C=O) groups is 1. The number of esters is 1. The molecule has 0 fully saturated rings. The average molecular weight is 421 g/mol. The van der Waals surface area contributed by atoms with E-state index in [0.717, 1.165) is 20.5 Å². The summed E-state index contributed by atoms with van der Waals surface area (Å²) in [6.07, 6.45) is 1.19. The van der Waals surface area contributed by atoms with Crippen LogP contribution in [-0.4, -0.2) is 21.6 Å². The first-order valence-electron chi connectivity index (χ1n) is 7.80. The third-order valence-corrected chi connectivity index (χ3v) is 5.20.